The standard InChI is InChI=1S/C16H17NO7/c1-3-4-7-16(2)23-14(19)12(15(20)24-16)9-10-8-11(17(21)22)5-6-13(10)18/h5-6,8-9,18H,3-4,7H2,1-2H3. The monoisotopic (exact) mass is 335 g/mol. The Hall–Kier alpha value is -2.90. The minimum absolute atomic E-state index is 0.0507. The molecule has 2 rings (SSSR count). The maximum absolute atomic E-state index is 12.1. The molecular weight excluding hydrogens is 318 g/mol. The van der Waals surface area contributed by atoms with Gasteiger partial charge in [-0.2, -0.15) is 0 Å². The molecule has 0 unspecified atom stereocenters. The van der Waals surface area contributed by atoms with Crippen molar-refractivity contribution in [2.75, 3.05) is 0 Å². The Morgan fingerprint density at radius 3 is 2.46 bits per heavy atom. The SMILES string of the molecule is CCCCC1(C)OC(=O)C(=Cc2cc([N+](=O)[O-])ccc2O)C(=O)O1. The van der Waals surface area contributed by atoms with E-state index in [4.69, 9.17) is 9.47 Å². The molecule has 0 spiro atoms. The van der Waals surface area contributed by atoms with Crippen molar-refractivity contribution in [2.45, 2.75) is 38.9 Å². The lowest BCUT2D eigenvalue weighted by molar-refractivity contribution is -0.384. The van der Waals surface area contributed by atoms with Crippen LogP contribution in [0.25, 0.3) is 6.08 Å². The van der Waals surface area contributed by atoms with Crippen molar-refractivity contribution in [1.82, 2.24) is 0 Å². The van der Waals surface area contributed by atoms with Gasteiger partial charge >= 0.3 is 11.9 Å². The Morgan fingerprint density at radius 2 is 1.92 bits per heavy atom. The number of non-ortho nitro benzene ring substituents is 1. The van der Waals surface area contributed by atoms with Crippen LogP contribution < -0.4 is 0 Å². The highest BCUT2D eigenvalue weighted by molar-refractivity contribution is 6.19. The predicted molar refractivity (Wildman–Crippen MR) is 82.9 cm³/mol. The lowest BCUT2D eigenvalue weighted by Crippen LogP contribution is -2.44. The highest BCUT2D eigenvalue weighted by atomic mass is 16.7. The van der Waals surface area contributed by atoms with Gasteiger partial charge in [-0.25, -0.2) is 9.59 Å². The summed E-state index contributed by atoms with van der Waals surface area (Å²) in [6, 6.07) is 3.26. The van der Waals surface area contributed by atoms with Crippen LogP contribution in [0.5, 0.6) is 5.75 Å². The van der Waals surface area contributed by atoms with Crippen LogP contribution >= 0.6 is 0 Å². The van der Waals surface area contributed by atoms with E-state index >= 15 is 0 Å². The number of ether oxygens (including phenoxy) is 2. The lowest BCUT2D eigenvalue weighted by atomic mass is 10.1. The highest BCUT2D eigenvalue weighted by Gasteiger charge is 2.42. The molecule has 0 bridgehead atoms. The molecule has 0 atom stereocenters. The first-order valence-corrected chi connectivity index (χ1v) is 7.41. The Kier molecular flexibility index (Phi) is 4.87. The topological polar surface area (TPSA) is 116 Å². The molecule has 1 fully saturated rings. The van der Waals surface area contributed by atoms with Crippen LogP contribution in [0, 0.1) is 10.1 Å². The Labute approximate surface area is 137 Å². The smallest absolute Gasteiger partial charge is 0.348 e. The number of benzene rings is 1. The van der Waals surface area contributed by atoms with Gasteiger partial charge in [0.25, 0.3) is 11.5 Å². The van der Waals surface area contributed by atoms with E-state index in [2.05, 4.69) is 0 Å². The van der Waals surface area contributed by atoms with Gasteiger partial charge in [0.2, 0.25) is 0 Å². The number of aromatic hydroxyl groups is 1. The Morgan fingerprint density at radius 1 is 1.29 bits per heavy atom. The number of phenols is 1. The predicted octanol–water partition coefficient (Wildman–Crippen LogP) is 2.69. The number of nitrogens with zero attached hydrogens (tertiary/aromatic N) is 1. The van der Waals surface area contributed by atoms with Crippen LogP contribution in [-0.4, -0.2) is 27.8 Å². The fourth-order valence-electron chi connectivity index (χ4n) is 2.25. The first-order chi connectivity index (χ1) is 11.3. The maximum Gasteiger partial charge on any atom is 0.348 e. The highest BCUT2D eigenvalue weighted by Crippen LogP contribution is 2.31. The number of phenolic OH excluding ortho intramolecular Hbond substituents is 1. The molecular formula is C16H17NO7. The molecule has 1 aromatic rings. The van der Waals surface area contributed by atoms with Crippen LogP contribution in [0.3, 0.4) is 0 Å². The van der Waals surface area contributed by atoms with Gasteiger partial charge in [-0.3, -0.25) is 10.1 Å². The molecule has 0 aliphatic carbocycles. The summed E-state index contributed by atoms with van der Waals surface area (Å²) in [5.74, 6) is -3.42. The molecule has 0 saturated carbocycles. The molecule has 1 aliphatic heterocycles. The molecule has 1 saturated heterocycles. The van der Waals surface area contributed by atoms with E-state index < -0.39 is 28.2 Å². The molecule has 1 aliphatic rings. The van der Waals surface area contributed by atoms with E-state index in [0.29, 0.717) is 12.8 Å². The summed E-state index contributed by atoms with van der Waals surface area (Å²) < 4.78 is 10.4. The second-order valence-corrected chi connectivity index (χ2v) is 5.57. The molecule has 128 valence electrons. The zero-order valence-electron chi connectivity index (χ0n) is 13.3. The minimum Gasteiger partial charge on any atom is -0.507 e. The van der Waals surface area contributed by atoms with Crippen LogP contribution in [0.15, 0.2) is 23.8 Å². The van der Waals surface area contributed by atoms with E-state index in [1.165, 1.54) is 6.92 Å². The van der Waals surface area contributed by atoms with Crippen LogP contribution in [0.4, 0.5) is 5.69 Å². The fourth-order valence-corrected chi connectivity index (χ4v) is 2.25. The fraction of sp³-hybridized carbons (Fsp3) is 0.375. The van der Waals surface area contributed by atoms with Gasteiger partial charge in [0.05, 0.1) is 4.92 Å². The third-order valence-corrected chi connectivity index (χ3v) is 3.56. The van der Waals surface area contributed by atoms with Gasteiger partial charge in [-0.15, -0.1) is 0 Å². The number of hydrogen-bond donors (Lipinski definition) is 1. The van der Waals surface area contributed by atoms with Crippen molar-refractivity contribution < 1.29 is 29.1 Å². The zero-order chi connectivity index (χ0) is 17.9. The van der Waals surface area contributed by atoms with Crippen molar-refractivity contribution >= 4 is 23.7 Å². The molecule has 0 radical (unpaired) electrons. The van der Waals surface area contributed by atoms with Gasteiger partial charge in [-0.1, -0.05) is 13.3 Å². The van der Waals surface area contributed by atoms with Crippen molar-refractivity contribution in [1.29, 1.82) is 0 Å². The lowest BCUT2D eigenvalue weighted by Gasteiger charge is -2.33. The molecule has 8 nitrogen and oxygen atoms in total. The van der Waals surface area contributed by atoms with Crippen molar-refractivity contribution in [3.05, 3.63) is 39.4 Å². The number of nitro groups is 1. The molecule has 0 amide bonds. The van der Waals surface area contributed by atoms with Crippen LogP contribution in [0.1, 0.15) is 38.7 Å². The zero-order valence-corrected chi connectivity index (χ0v) is 13.3. The van der Waals surface area contributed by atoms with E-state index in [9.17, 15) is 24.8 Å². The minimum atomic E-state index is -1.33. The Balaban J connectivity index is 2.32. The summed E-state index contributed by atoms with van der Waals surface area (Å²) in [6.07, 6.45) is 2.94. The number of hydrogen-bond acceptors (Lipinski definition) is 7. The molecule has 8 heteroatoms. The number of esters is 2. The van der Waals surface area contributed by atoms with E-state index in [-0.39, 0.29) is 17.0 Å². The normalized spacial score (nSPS) is 20.3. The average Bonchev–Trinajstić information content (AvgIpc) is 2.50. The summed E-state index contributed by atoms with van der Waals surface area (Å²) in [4.78, 5) is 34.4. The third kappa shape index (κ3) is 3.70. The molecule has 1 N–H and O–H groups in total. The second-order valence-electron chi connectivity index (χ2n) is 5.57. The molecule has 0 aromatic heterocycles. The number of carbonyl (C=O) groups excluding carboxylic acids is 2. The van der Waals surface area contributed by atoms with Crippen molar-refractivity contribution in [2.24, 2.45) is 0 Å². The second kappa shape index (κ2) is 6.69. The van der Waals surface area contributed by atoms with E-state index in [1.807, 2.05) is 6.92 Å². The number of carbonyl (C=O) groups is 2. The number of unbranched alkanes of at least 4 members (excludes halogenated alkanes) is 1. The van der Waals surface area contributed by atoms with Gasteiger partial charge in [0.1, 0.15) is 11.3 Å². The maximum atomic E-state index is 12.1. The van der Waals surface area contributed by atoms with E-state index in [1.54, 1.807) is 0 Å². The van der Waals surface area contributed by atoms with Gasteiger partial charge in [0.15, 0.2) is 0 Å². The summed E-state index contributed by atoms with van der Waals surface area (Å²) >= 11 is 0. The van der Waals surface area contributed by atoms with Crippen LogP contribution in [0.2, 0.25) is 0 Å². The summed E-state index contributed by atoms with van der Waals surface area (Å²) in [6.45, 7) is 3.45. The largest absolute Gasteiger partial charge is 0.507 e. The van der Waals surface area contributed by atoms with E-state index in [0.717, 1.165) is 30.7 Å². The van der Waals surface area contributed by atoms with Crippen LogP contribution in [-0.2, 0) is 19.1 Å². The number of rotatable bonds is 5. The molecule has 24 heavy (non-hydrogen) atoms. The quantitative estimate of drug-likeness (QED) is 0.289. The third-order valence-electron chi connectivity index (χ3n) is 3.56. The molecule has 1 heterocycles. The van der Waals surface area contributed by atoms with Gasteiger partial charge < -0.3 is 14.6 Å². The Bertz CT molecular complexity index is 703. The average molecular weight is 335 g/mol. The number of cyclic esters (lactones) is 2. The van der Waals surface area contributed by atoms with Crippen molar-refractivity contribution in [3.63, 3.8) is 0 Å². The summed E-state index contributed by atoms with van der Waals surface area (Å²) in [5, 5.41) is 20.6. The first-order valence-electron chi connectivity index (χ1n) is 7.41. The first kappa shape index (κ1) is 17.5. The van der Waals surface area contributed by atoms with Gasteiger partial charge in [-0.05, 0) is 18.6 Å². The summed E-state index contributed by atoms with van der Waals surface area (Å²) in [7, 11) is 0. The van der Waals surface area contributed by atoms with Gasteiger partial charge in [0, 0.05) is 31.0 Å². The summed E-state index contributed by atoms with van der Waals surface area (Å²) in [5.41, 5.74) is -0.769. The van der Waals surface area contributed by atoms with Crippen molar-refractivity contribution in [3.8, 4) is 5.75 Å². The number of nitro benzene ring substituents is 1. The molecule has 1 aromatic carbocycles.